The molecular weight excluding hydrogens is 402 g/mol. The van der Waals surface area contributed by atoms with Crippen molar-refractivity contribution in [2.75, 3.05) is 20.2 Å². The van der Waals surface area contributed by atoms with Crippen molar-refractivity contribution in [1.82, 2.24) is 5.01 Å². The number of aliphatic hydroxyl groups is 1. The van der Waals surface area contributed by atoms with E-state index in [1.165, 1.54) is 30.7 Å². The number of nitrogens with one attached hydrogen (secondary N) is 1. The molecular formula is C25H45N5O2. The maximum Gasteiger partial charge on any atom is 0.208 e. The first-order valence-electron chi connectivity index (χ1n) is 12.8. The average molecular weight is 448 g/mol. The maximum absolute atomic E-state index is 12.2. The minimum absolute atomic E-state index is 0.0581. The fourth-order valence-corrected chi connectivity index (χ4v) is 8.19. The van der Waals surface area contributed by atoms with Crippen molar-refractivity contribution in [3.63, 3.8) is 0 Å². The van der Waals surface area contributed by atoms with Crippen molar-refractivity contribution in [2.24, 2.45) is 51.1 Å². The molecule has 4 aliphatic carbocycles. The third kappa shape index (κ3) is 3.78. The first-order chi connectivity index (χ1) is 15.2. The Kier molecular flexibility index (Phi) is 6.65. The van der Waals surface area contributed by atoms with Crippen LogP contribution in [0.25, 0.3) is 0 Å². The highest BCUT2D eigenvalue weighted by Gasteiger charge is 2.66. The molecule has 0 aromatic heterocycles. The molecule has 4 saturated carbocycles. The van der Waals surface area contributed by atoms with Crippen LogP contribution in [-0.4, -0.2) is 54.2 Å². The summed E-state index contributed by atoms with van der Waals surface area (Å²) in [7, 11) is 1.71. The number of hydrazone groups is 1. The van der Waals surface area contributed by atoms with Crippen LogP contribution in [0.1, 0.15) is 78.1 Å². The van der Waals surface area contributed by atoms with E-state index in [9.17, 15) is 5.11 Å². The Morgan fingerprint density at radius 1 is 1.16 bits per heavy atom. The van der Waals surface area contributed by atoms with E-state index in [0.29, 0.717) is 35.8 Å². The largest absolute Gasteiger partial charge is 0.389 e. The minimum Gasteiger partial charge on any atom is -0.389 e. The van der Waals surface area contributed by atoms with Crippen LogP contribution in [-0.2, 0) is 4.74 Å². The van der Waals surface area contributed by atoms with Crippen molar-refractivity contribution >= 4 is 12.2 Å². The maximum atomic E-state index is 12.2. The first kappa shape index (κ1) is 24.0. The fourth-order valence-electron chi connectivity index (χ4n) is 8.19. The van der Waals surface area contributed by atoms with Crippen molar-refractivity contribution in [2.45, 2.75) is 89.8 Å². The van der Waals surface area contributed by atoms with E-state index in [-0.39, 0.29) is 17.3 Å². The topological polar surface area (TPSA) is 121 Å². The zero-order valence-corrected chi connectivity index (χ0v) is 20.4. The van der Waals surface area contributed by atoms with Crippen LogP contribution in [0, 0.1) is 39.9 Å². The molecule has 0 heterocycles. The molecule has 0 spiro atoms. The van der Waals surface area contributed by atoms with Crippen molar-refractivity contribution in [1.29, 1.82) is 5.41 Å². The molecule has 4 rings (SSSR count). The van der Waals surface area contributed by atoms with E-state index in [1.54, 1.807) is 7.05 Å². The predicted octanol–water partition coefficient (Wildman–Crippen LogP) is 3.31. The Balaban J connectivity index is 1.49. The van der Waals surface area contributed by atoms with E-state index >= 15 is 0 Å². The van der Waals surface area contributed by atoms with Crippen LogP contribution in [0.15, 0.2) is 5.10 Å². The molecule has 0 saturated heterocycles. The lowest BCUT2D eigenvalue weighted by Crippen LogP contribution is -2.62. The standard InChI is InChI=1S/C25H45N5O2/c1-23-10-8-19(32-14-4-13-26)15-17(23)5-6-21-20(23)9-11-24(2)18(7-12-25(21,24)31)16-29-30(3)22(27)28/h16-21,31H,4-15,26H2,1-3H3,(H3,27,28)/b29-16+/t17?,18?,19?,20-,21-,23+,24-,25-/m1/s1. The molecule has 7 heteroatoms. The van der Waals surface area contributed by atoms with Crippen molar-refractivity contribution in [3.05, 3.63) is 0 Å². The van der Waals surface area contributed by atoms with E-state index in [0.717, 1.165) is 45.1 Å². The van der Waals surface area contributed by atoms with Gasteiger partial charge in [-0.1, -0.05) is 13.8 Å². The van der Waals surface area contributed by atoms with Gasteiger partial charge in [0.1, 0.15) is 0 Å². The molecule has 8 atom stereocenters. The van der Waals surface area contributed by atoms with Crippen LogP contribution >= 0.6 is 0 Å². The van der Waals surface area contributed by atoms with Gasteiger partial charge in [-0.2, -0.15) is 5.10 Å². The Labute approximate surface area is 193 Å². The van der Waals surface area contributed by atoms with Crippen LogP contribution < -0.4 is 11.5 Å². The molecule has 0 amide bonds. The molecule has 32 heavy (non-hydrogen) atoms. The van der Waals surface area contributed by atoms with E-state index < -0.39 is 5.60 Å². The third-order valence-electron chi connectivity index (χ3n) is 10.3. The van der Waals surface area contributed by atoms with Gasteiger partial charge in [-0.05, 0) is 93.9 Å². The summed E-state index contributed by atoms with van der Waals surface area (Å²) in [5.74, 6) is 1.85. The van der Waals surface area contributed by atoms with E-state index in [2.05, 4.69) is 18.9 Å². The van der Waals surface area contributed by atoms with Crippen LogP contribution in [0.4, 0.5) is 0 Å². The van der Waals surface area contributed by atoms with Gasteiger partial charge in [0.05, 0.1) is 11.7 Å². The van der Waals surface area contributed by atoms with Gasteiger partial charge in [-0.25, -0.2) is 5.01 Å². The van der Waals surface area contributed by atoms with Crippen LogP contribution in [0.3, 0.4) is 0 Å². The number of ether oxygens (including phenoxy) is 1. The van der Waals surface area contributed by atoms with Gasteiger partial charge in [0.25, 0.3) is 0 Å². The Hall–Kier alpha value is -1.18. The number of guanidine groups is 1. The molecule has 4 fully saturated rings. The second-order valence-electron chi connectivity index (χ2n) is 11.6. The van der Waals surface area contributed by atoms with Gasteiger partial charge < -0.3 is 21.3 Å². The van der Waals surface area contributed by atoms with Gasteiger partial charge in [-0.3, -0.25) is 5.41 Å². The number of rotatable bonds is 6. The highest BCUT2D eigenvalue weighted by Crippen LogP contribution is 2.68. The fraction of sp³-hybridized carbons (Fsp3) is 0.920. The third-order valence-corrected chi connectivity index (χ3v) is 10.3. The Morgan fingerprint density at radius 3 is 2.66 bits per heavy atom. The summed E-state index contributed by atoms with van der Waals surface area (Å²) < 4.78 is 6.16. The van der Waals surface area contributed by atoms with Gasteiger partial charge in [0.15, 0.2) is 0 Å². The lowest BCUT2D eigenvalue weighted by Gasteiger charge is -2.63. The van der Waals surface area contributed by atoms with Crippen LogP contribution in [0.5, 0.6) is 0 Å². The number of hydrogen-bond donors (Lipinski definition) is 4. The highest BCUT2D eigenvalue weighted by atomic mass is 16.5. The smallest absolute Gasteiger partial charge is 0.208 e. The summed E-state index contributed by atoms with van der Waals surface area (Å²) in [6.45, 7) is 6.30. The van der Waals surface area contributed by atoms with Crippen LogP contribution in [0.2, 0.25) is 0 Å². The summed E-state index contributed by atoms with van der Waals surface area (Å²) in [5.41, 5.74) is 10.7. The Bertz CT molecular complexity index is 731. The summed E-state index contributed by atoms with van der Waals surface area (Å²) in [4.78, 5) is 0. The lowest BCUT2D eigenvalue weighted by atomic mass is 9.43. The zero-order valence-electron chi connectivity index (χ0n) is 20.4. The SMILES string of the molecule is CN(/N=C/C1CC[C@@]2(O)[C@@H]3CCC4CC(OCCCN)CC[C@]4(C)[C@@H]3CC[C@]12C)C(=N)N. The summed E-state index contributed by atoms with van der Waals surface area (Å²) in [6, 6.07) is 0. The zero-order chi connectivity index (χ0) is 23.1. The normalized spacial score (nSPS) is 45.8. The molecule has 182 valence electrons. The summed E-state index contributed by atoms with van der Waals surface area (Å²) >= 11 is 0. The Morgan fingerprint density at radius 2 is 1.94 bits per heavy atom. The molecule has 0 aliphatic heterocycles. The van der Waals surface area contributed by atoms with E-state index in [1.807, 2.05) is 6.21 Å². The van der Waals surface area contributed by atoms with Gasteiger partial charge in [0, 0.05) is 31.2 Å². The molecule has 0 aromatic carbocycles. The molecule has 3 unspecified atom stereocenters. The van der Waals surface area contributed by atoms with Gasteiger partial charge in [-0.15, -0.1) is 0 Å². The molecule has 6 N–H and O–H groups in total. The molecule has 7 nitrogen and oxygen atoms in total. The second-order valence-corrected chi connectivity index (χ2v) is 11.6. The van der Waals surface area contributed by atoms with Gasteiger partial charge in [0.2, 0.25) is 5.96 Å². The molecule has 0 radical (unpaired) electrons. The second kappa shape index (κ2) is 8.88. The number of fused-ring (bicyclic) bond motifs is 5. The predicted molar refractivity (Wildman–Crippen MR) is 128 cm³/mol. The summed E-state index contributed by atoms with van der Waals surface area (Å²) in [6.07, 6.45) is 13.2. The monoisotopic (exact) mass is 447 g/mol. The summed E-state index contributed by atoms with van der Waals surface area (Å²) in [5, 5.41) is 25.6. The minimum atomic E-state index is -0.621. The number of hydrogen-bond acceptors (Lipinski definition) is 5. The van der Waals surface area contributed by atoms with Crippen molar-refractivity contribution < 1.29 is 9.84 Å². The van der Waals surface area contributed by atoms with E-state index in [4.69, 9.17) is 21.6 Å². The van der Waals surface area contributed by atoms with Crippen molar-refractivity contribution in [3.8, 4) is 0 Å². The first-order valence-corrected chi connectivity index (χ1v) is 12.8. The molecule has 0 bridgehead atoms. The van der Waals surface area contributed by atoms with Gasteiger partial charge >= 0.3 is 0 Å². The number of nitrogens with two attached hydrogens (primary N) is 2. The average Bonchev–Trinajstić information content (AvgIpc) is 3.03. The highest BCUT2D eigenvalue weighted by molar-refractivity contribution is 5.75. The number of nitrogens with zero attached hydrogens (tertiary/aromatic N) is 2. The molecule has 0 aromatic rings. The lowest BCUT2D eigenvalue weighted by molar-refractivity contribution is -0.207. The molecule has 4 aliphatic rings. The quantitative estimate of drug-likeness (QED) is 0.215.